The molecule has 0 saturated heterocycles. The fourth-order valence-corrected chi connectivity index (χ4v) is 3.19. The van der Waals surface area contributed by atoms with Gasteiger partial charge in [-0.15, -0.1) is 0 Å². The molecule has 0 aromatic heterocycles. The Bertz CT molecular complexity index is 664. The van der Waals surface area contributed by atoms with Crippen LogP contribution >= 0.6 is 23.2 Å². The first-order valence-corrected chi connectivity index (χ1v) is 8.12. The van der Waals surface area contributed by atoms with Crippen LogP contribution in [0.2, 0.25) is 10.0 Å². The third kappa shape index (κ3) is 3.04. The third-order valence-corrected chi connectivity index (χ3v) is 4.86. The van der Waals surface area contributed by atoms with Gasteiger partial charge >= 0.3 is 0 Å². The molecule has 1 aliphatic rings. The Morgan fingerprint density at radius 1 is 1.05 bits per heavy atom. The molecule has 0 bridgehead atoms. The minimum atomic E-state index is 0.583. The fourth-order valence-electron chi connectivity index (χ4n) is 2.87. The maximum atomic E-state index is 6.10. The average molecular weight is 320 g/mol. The van der Waals surface area contributed by atoms with Crippen LogP contribution in [-0.4, -0.2) is 6.54 Å². The monoisotopic (exact) mass is 319 g/mol. The van der Waals surface area contributed by atoms with E-state index in [0.717, 1.165) is 19.5 Å². The number of rotatable bonds is 3. The molecule has 0 atom stereocenters. The zero-order valence-electron chi connectivity index (χ0n) is 12.4. The zero-order chi connectivity index (χ0) is 15.0. The van der Waals surface area contributed by atoms with E-state index in [0.29, 0.717) is 16.0 Å². The van der Waals surface area contributed by atoms with E-state index < -0.39 is 0 Å². The van der Waals surface area contributed by atoms with Crippen LogP contribution in [-0.2, 0) is 13.0 Å². The predicted octanol–water partition coefficient (Wildman–Crippen LogP) is 5.68. The Morgan fingerprint density at radius 3 is 2.57 bits per heavy atom. The number of anilines is 1. The van der Waals surface area contributed by atoms with Gasteiger partial charge in [-0.05, 0) is 47.2 Å². The molecule has 0 N–H and O–H groups in total. The normalized spacial score (nSPS) is 13.9. The summed E-state index contributed by atoms with van der Waals surface area (Å²) in [6.45, 7) is 6.43. The number of halogens is 2. The van der Waals surface area contributed by atoms with Crippen molar-refractivity contribution in [2.75, 3.05) is 11.4 Å². The van der Waals surface area contributed by atoms with Gasteiger partial charge in [-0.1, -0.05) is 55.2 Å². The first-order chi connectivity index (χ1) is 10.0. The van der Waals surface area contributed by atoms with Gasteiger partial charge in [0.15, 0.2) is 0 Å². The summed E-state index contributed by atoms with van der Waals surface area (Å²) in [7, 11) is 0. The largest absolute Gasteiger partial charge is 0.367 e. The summed E-state index contributed by atoms with van der Waals surface area (Å²) in [6.07, 6.45) is 1.12. The molecule has 0 fully saturated rings. The molecule has 0 aliphatic carbocycles. The van der Waals surface area contributed by atoms with Crippen LogP contribution < -0.4 is 4.90 Å². The molecular formula is C18H19Cl2N. The van der Waals surface area contributed by atoms with Crippen molar-refractivity contribution < 1.29 is 0 Å². The molecule has 2 aromatic carbocycles. The van der Waals surface area contributed by atoms with Gasteiger partial charge in [0.1, 0.15) is 0 Å². The summed E-state index contributed by atoms with van der Waals surface area (Å²) in [5.41, 5.74) is 5.43. The second-order valence-electron chi connectivity index (χ2n) is 5.96. The van der Waals surface area contributed by atoms with Crippen LogP contribution in [0.3, 0.4) is 0 Å². The molecule has 1 aliphatic heterocycles. The van der Waals surface area contributed by atoms with E-state index in [1.165, 1.54) is 22.4 Å². The minimum Gasteiger partial charge on any atom is -0.367 e. The Balaban J connectivity index is 1.82. The van der Waals surface area contributed by atoms with Crippen LogP contribution in [0, 0.1) is 0 Å². The standard InChI is InChI=1S/C18H19Cl2N/c1-12(2)14-4-6-18-15(10-14)7-8-21(18)11-13-3-5-16(19)17(20)9-13/h3-6,9-10,12H,7-8,11H2,1-2H3. The number of hydrogen-bond donors (Lipinski definition) is 0. The quantitative estimate of drug-likeness (QED) is 0.703. The molecule has 3 rings (SSSR count). The predicted molar refractivity (Wildman–Crippen MR) is 91.7 cm³/mol. The van der Waals surface area contributed by atoms with E-state index in [9.17, 15) is 0 Å². The summed E-state index contributed by atoms with van der Waals surface area (Å²) in [5, 5.41) is 1.24. The number of benzene rings is 2. The van der Waals surface area contributed by atoms with E-state index in [1.54, 1.807) is 0 Å². The Morgan fingerprint density at radius 2 is 1.86 bits per heavy atom. The lowest BCUT2D eigenvalue weighted by Gasteiger charge is -2.20. The van der Waals surface area contributed by atoms with Crippen LogP contribution in [0.15, 0.2) is 36.4 Å². The topological polar surface area (TPSA) is 3.24 Å². The van der Waals surface area contributed by atoms with Crippen molar-refractivity contribution in [1.82, 2.24) is 0 Å². The molecule has 0 saturated carbocycles. The van der Waals surface area contributed by atoms with Gasteiger partial charge in [-0.2, -0.15) is 0 Å². The minimum absolute atomic E-state index is 0.583. The fraction of sp³-hybridized carbons (Fsp3) is 0.333. The highest BCUT2D eigenvalue weighted by Gasteiger charge is 2.20. The van der Waals surface area contributed by atoms with Crippen molar-refractivity contribution in [1.29, 1.82) is 0 Å². The molecule has 3 heteroatoms. The first-order valence-electron chi connectivity index (χ1n) is 7.36. The van der Waals surface area contributed by atoms with Crippen LogP contribution in [0.25, 0.3) is 0 Å². The highest BCUT2D eigenvalue weighted by Crippen LogP contribution is 2.32. The highest BCUT2D eigenvalue weighted by atomic mass is 35.5. The highest BCUT2D eigenvalue weighted by molar-refractivity contribution is 6.42. The van der Waals surface area contributed by atoms with E-state index in [-0.39, 0.29) is 0 Å². The van der Waals surface area contributed by atoms with Gasteiger partial charge in [0.25, 0.3) is 0 Å². The second-order valence-corrected chi connectivity index (χ2v) is 6.78. The molecule has 0 unspecified atom stereocenters. The van der Waals surface area contributed by atoms with E-state index in [4.69, 9.17) is 23.2 Å². The summed E-state index contributed by atoms with van der Waals surface area (Å²) in [5.74, 6) is 0.583. The van der Waals surface area contributed by atoms with Crippen molar-refractivity contribution in [2.24, 2.45) is 0 Å². The maximum Gasteiger partial charge on any atom is 0.0595 e. The van der Waals surface area contributed by atoms with E-state index in [1.807, 2.05) is 12.1 Å². The summed E-state index contributed by atoms with van der Waals surface area (Å²) >= 11 is 12.1. The van der Waals surface area contributed by atoms with Gasteiger partial charge in [0.2, 0.25) is 0 Å². The molecular weight excluding hydrogens is 301 g/mol. The molecule has 2 aromatic rings. The lowest BCUT2D eigenvalue weighted by molar-refractivity contribution is 0.836. The first kappa shape index (κ1) is 14.7. The van der Waals surface area contributed by atoms with Crippen LogP contribution in [0.1, 0.15) is 36.5 Å². The SMILES string of the molecule is CC(C)c1ccc2c(c1)CCN2Cc1ccc(Cl)c(Cl)c1. The Hall–Kier alpha value is -1.18. The number of nitrogens with zero attached hydrogens (tertiary/aromatic N) is 1. The van der Waals surface area contributed by atoms with Crippen molar-refractivity contribution >= 4 is 28.9 Å². The van der Waals surface area contributed by atoms with Crippen molar-refractivity contribution in [2.45, 2.75) is 32.7 Å². The second kappa shape index (κ2) is 5.90. The molecule has 21 heavy (non-hydrogen) atoms. The van der Waals surface area contributed by atoms with E-state index >= 15 is 0 Å². The Kier molecular flexibility index (Phi) is 4.14. The number of fused-ring (bicyclic) bond motifs is 1. The molecule has 110 valence electrons. The smallest absolute Gasteiger partial charge is 0.0595 e. The summed E-state index contributed by atoms with van der Waals surface area (Å²) in [6, 6.07) is 12.7. The van der Waals surface area contributed by atoms with Crippen molar-refractivity contribution in [3.8, 4) is 0 Å². The van der Waals surface area contributed by atoms with Crippen LogP contribution in [0.5, 0.6) is 0 Å². The third-order valence-electron chi connectivity index (χ3n) is 4.12. The van der Waals surface area contributed by atoms with Gasteiger partial charge in [0.05, 0.1) is 10.0 Å². The number of hydrogen-bond acceptors (Lipinski definition) is 1. The summed E-state index contributed by atoms with van der Waals surface area (Å²) in [4.78, 5) is 2.42. The average Bonchev–Trinajstić information content (AvgIpc) is 2.85. The van der Waals surface area contributed by atoms with Gasteiger partial charge in [-0.3, -0.25) is 0 Å². The summed E-state index contributed by atoms with van der Waals surface area (Å²) < 4.78 is 0. The molecule has 0 amide bonds. The lowest BCUT2D eigenvalue weighted by atomic mass is 10.00. The van der Waals surface area contributed by atoms with Crippen molar-refractivity contribution in [3.05, 3.63) is 63.1 Å². The van der Waals surface area contributed by atoms with E-state index in [2.05, 4.69) is 43.0 Å². The van der Waals surface area contributed by atoms with Gasteiger partial charge in [0, 0.05) is 18.8 Å². The maximum absolute atomic E-state index is 6.10. The molecule has 0 radical (unpaired) electrons. The Labute approximate surface area is 136 Å². The lowest BCUT2D eigenvalue weighted by Crippen LogP contribution is -2.19. The zero-order valence-corrected chi connectivity index (χ0v) is 13.9. The molecule has 1 heterocycles. The van der Waals surface area contributed by atoms with Gasteiger partial charge in [-0.25, -0.2) is 0 Å². The van der Waals surface area contributed by atoms with Crippen LogP contribution in [0.4, 0.5) is 5.69 Å². The van der Waals surface area contributed by atoms with Crippen molar-refractivity contribution in [3.63, 3.8) is 0 Å². The van der Waals surface area contributed by atoms with Gasteiger partial charge < -0.3 is 4.90 Å². The molecule has 0 spiro atoms. The molecule has 1 nitrogen and oxygen atoms in total.